The van der Waals surface area contributed by atoms with Gasteiger partial charge in [-0.3, -0.25) is 4.79 Å². The maximum atomic E-state index is 14.1. The lowest BCUT2D eigenvalue weighted by molar-refractivity contribution is -0.120. The smallest absolute Gasteiger partial charge is 0.407 e. The van der Waals surface area contributed by atoms with Crippen LogP contribution in [0, 0.1) is 11.8 Å². The maximum Gasteiger partial charge on any atom is 0.407 e. The van der Waals surface area contributed by atoms with Gasteiger partial charge in [-0.05, 0) is 42.5 Å². The molecule has 2 amide bonds. The molecule has 2 aliphatic rings. The second-order valence-corrected chi connectivity index (χ2v) is 14.2. The standard InChI is InChI=1S/C33H43N3O9S/c1-4-31(38)34-16-23-19-43-29-11-10-24(15-26(23)29)46(40,41)36(17-21(2)3)18-28(37)27(14-22-8-6-5-7-9-22)35-33(39)45-30-20-44-32-25(30)12-13-42-32/h5-11,15,19,21,25,27-28,30,32,37H,4,12-14,16-18,20H2,1-3H3,(H,34,38)(H,35,39)/t25-,27-,28+,30?,32+/m0/s1. The molecule has 0 bridgehead atoms. The van der Waals surface area contributed by atoms with Crippen molar-refractivity contribution in [3.05, 3.63) is 65.9 Å². The number of amides is 2. The highest BCUT2D eigenvalue weighted by Crippen LogP contribution is 2.33. The molecule has 1 unspecified atom stereocenters. The number of nitrogens with one attached hydrogen (secondary N) is 2. The van der Waals surface area contributed by atoms with Crippen LogP contribution in [0.25, 0.3) is 11.0 Å². The first-order valence-corrected chi connectivity index (χ1v) is 17.2. The van der Waals surface area contributed by atoms with Crippen LogP contribution >= 0.6 is 0 Å². The Morgan fingerprint density at radius 3 is 2.63 bits per heavy atom. The fraction of sp³-hybridized carbons (Fsp3) is 0.515. The molecule has 0 spiro atoms. The van der Waals surface area contributed by atoms with Gasteiger partial charge >= 0.3 is 6.09 Å². The van der Waals surface area contributed by atoms with E-state index in [0.29, 0.717) is 29.6 Å². The van der Waals surface area contributed by atoms with Gasteiger partial charge in [-0.15, -0.1) is 0 Å². The first-order chi connectivity index (χ1) is 22.0. The molecule has 0 radical (unpaired) electrons. The van der Waals surface area contributed by atoms with Gasteiger partial charge in [0.2, 0.25) is 15.9 Å². The Kier molecular flexibility index (Phi) is 11.0. The minimum Gasteiger partial charge on any atom is -0.464 e. The van der Waals surface area contributed by atoms with Crippen molar-refractivity contribution in [3.63, 3.8) is 0 Å². The van der Waals surface area contributed by atoms with Gasteiger partial charge in [-0.25, -0.2) is 13.2 Å². The highest BCUT2D eigenvalue weighted by atomic mass is 32.2. The molecule has 3 N–H and O–H groups in total. The van der Waals surface area contributed by atoms with Gasteiger partial charge in [-0.1, -0.05) is 51.1 Å². The Morgan fingerprint density at radius 1 is 1.11 bits per heavy atom. The van der Waals surface area contributed by atoms with Crippen LogP contribution in [0.1, 0.15) is 44.7 Å². The van der Waals surface area contributed by atoms with E-state index in [1.54, 1.807) is 13.0 Å². The van der Waals surface area contributed by atoms with Gasteiger partial charge in [0, 0.05) is 37.0 Å². The second kappa shape index (κ2) is 14.9. The molecule has 250 valence electrons. The lowest BCUT2D eigenvalue weighted by Crippen LogP contribution is -2.51. The predicted molar refractivity (Wildman–Crippen MR) is 169 cm³/mol. The lowest BCUT2D eigenvalue weighted by atomic mass is 10.0. The fourth-order valence-corrected chi connectivity index (χ4v) is 7.51. The molecule has 5 rings (SSSR count). The van der Waals surface area contributed by atoms with E-state index >= 15 is 0 Å². The van der Waals surface area contributed by atoms with Crippen molar-refractivity contribution in [2.75, 3.05) is 26.3 Å². The van der Waals surface area contributed by atoms with Gasteiger partial charge in [0.25, 0.3) is 0 Å². The Bertz CT molecular complexity index is 1590. The molecule has 2 fully saturated rings. The number of fused-ring (bicyclic) bond motifs is 2. The Balaban J connectivity index is 1.36. The fourth-order valence-electron chi connectivity index (χ4n) is 5.86. The monoisotopic (exact) mass is 657 g/mol. The van der Waals surface area contributed by atoms with Crippen LogP contribution in [0.5, 0.6) is 0 Å². The number of alkyl carbamates (subject to hydrolysis) is 1. The van der Waals surface area contributed by atoms with Crippen LogP contribution in [0.15, 0.2) is 64.1 Å². The molecule has 3 heterocycles. The highest BCUT2D eigenvalue weighted by Gasteiger charge is 2.44. The summed E-state index contributed by atoms with van der Waals surface area (Å²) >= 11 is 0. The third-order valence-electron chi connectivity index (χ3n) is 8.33. The number of carbonyl (C=O) groups is 2. The molecule has 2 saturated heterocycles. The first-order valence-electron chi connectivity index (χ1n) is 15.7. The van der Waals surface area contributed by atoms with Crippen LogP contribution < -0.4 is 10.6 Å². The summed E-state index contributed by atoms with van der Waals surface area (Å²) in [6, 6.07) is 13.1. The summed E-state index contributed by atoms with van der Waals surface area (Å²) in [5.74, 6) is -0.245. The average molecular weight is 658 g/mol. The Labute approximate surface area is 269 Å². The van der Waals surface area contributed by atoms with Gasteiger partial charge < -0.3 is 34.4 Å². The zero-order chi connectivity index (χ0) is 32.8. The van der Waals surface area contributed by atoms with Gasteiger partial charge in [0.15, 0.2) is 6.29 Å². The van der Waals surface area contributed by atoms with Gasteiger partial charge in [0.1, 0.15) is 11.7 Å². The van der Waals surface area contributed by atoms with Gasteiger partial charge in [-0.2, -0.15) is 4.31 Å². The summed E-state index contributed by atoms with van der Waals surface area (Å²) in [6.07, 6.45) is -0.0533. The summed E-state index contributed by atoms with van der Waals surface area (Å²) in [5, 5.41) is 17.7. The average Bonchev–Trinajstić information content (AvgIpc) is 3.76. The van der Waals surface area contributed by atoms with E-state index < -0.39 is 34.4 Å². The molecule has 0 aliphatic carbocycles. The zero-order valence-corrected chi connectivity index (χ0v) is 27.2. The van der Waals surface area contributed by atoms with E-state index in [1.165, 1.54) is 22.7 Å². The molecular formula is C33H43N3O9S. The van der Waals surface area contributed by atoms with E-state index in [1.807, 2.05) is 44.2 Å². The van der Waals surface area contributed by atoms with E-state index in [-0.39, 0.29) is 61.6 Å². The van der Waals surface area contributed by atoms with Crippen molar-refractivity contribution in [3.8, 4) is 0 Å². The summed E-state index contributed by atoms with van der Waals surface area (Å²) in [5.41, 5.74) is 1.99. The summed E-state index contributed by atoms with van der Waals surface area (Å²) < 4.78 is 51.9. The van der Waals surface area contributed by atoms with E-state index in [4.69, 9.17) is 18.6 Å². The zero-order valence-electron chi connectivity index (χ0n) is 26.4. The molecule has 12 nitrogen and oxygen atoms in total. The molecular weight excluding hydrogens is 614 g/mol. The largest absolute Gasteiger partial charge is 0.464 e. The van der Waals surface area contributed by atoms with Crippen LogP contribution in [-0.4, -0.2) is 80.7 Å². The normalized spacial score (nSPS) is 21.0. The first kappa shape index (κ1) is 33.9. The number of benzene rings is 2. The summed E-state index contributed by atoms with van der Waals surface area (Å²) in [6.45, 7) is 6.35. The molecule has 13 heteroatoms. The van der Waals surface area contributed by atoms with Crippen molar-refractivity contribution in [2.45, 2.75) is 76.0 Å². The van der Waals surface area contributed by atoms with Gasteiger partial charge in [0.05, 0.1) is 42.4 Å². The summed E-state index contributed by atoms with van der Waals surface area (Å²) in [7, 11) is -4.11. The van der Waals surface area contributed by atoms with Crippen LogP contribution in [0.2, 0.25) is 0 Å². The number of hydrogen-bond acceptors (Lipinski definition) is 9. The van der Waals surface area contributed by atoms with Crippen LogP contribution in [0.4, 0.5) is 4.79 Å². The SMILES string of the molecule is CCC(=O)NCc1coc2ccc(S(=O)(=O)N(CC(C)C)C[C@@H](O)[C@H](Cc3ccccc3)NC(=O)OC3CO[C@H]4OCC[C@@H]34)cc12. The van der Waals surface area contributed by atoms with Crippen molar-refractivity contribution in [1.82, 2.24) is 14.9 Å². The molecule has 3 aromatic rings. The highest BCUT2D eigenvalue weighted by molar-refractivity contribution is 7.89. The third kappa shape index (κ3) is 8.07. The third-order valence-corrected chi connectivity index (χ3v) is 10.2. The van der Waals surface area contributed by atoms with Crippen molar-refractivity contribution >= 4 is 33.0 Å². The van der Waals surface area contributed by atoms with Crippen molar-refractivity contribution in [2.24, 2.45) is 11.8 Å². The Morgan fingerprint density at radius 2 is 1.89 bits per heavy atom. The maximum absolute atomic E-state index is 14.1. The number of aliphatic hydroxyl groups is 1. The molecule has 46 heavy (non-hydrogen) atoms. The molecule has 2 aliphatic heterocycles. The quantitative estimate of drug-likeness (QED) is 0.236. The number of hydrogen-bond donors (Lipinski definition) is 3. The number of ether oxygens (including phenoxy) is 3. The Hall–Kier alpha value is -3.49. The number of sulfonamides is 1. The number of furan rings is 1. The number of nitrogens with zero attached hydrogens (tertiary/aromatic N) is 1. The topological polar surface area (TPSA) is 157 Å². The molecule has 0 saturated carbocycles. The number of carbonyl (C=O) groups excluding carboxylic acids is 2. The minimum atomic E-state index is -4.11. The molecule has 2 aromatic carbocycles. The lowest BCUT2D eigenvalue weighted by Gasteiger charge is -2.31. The van der Waals surface area contributed by atoms with E-state index in [2.05, 4.69) is 10.6 Å². The van der Waals surface area contributed by atoms with E-state index in [0.717, 1.165) is 12.0 Å². The molecule has 5 atom stereocenters. The predicted octanol–water partition coefficient (Wildman–Crippen LogP) is 3.57. The van der Waals surface area contributed by atoms with Crippen LogP contribution in [0.3, 0.4) is 0 Å². The second-order valence-electron chi connectivity index (χ2n) is 12.2. The number of rotatable bonds is 14. The van der Waals surface area contributed by atoms with E-state index in [9.17, 15) is 23.1 Å². The summed E-state index contributed by atoms with van der Waals surface area (Å²) in [4.78, 5) is 25.0. The van der Waals surface area contributed by atoms with Crippen molar-refractivity contribution < 1.29 is 41.7 Å². The molecule has 1 aromatic heterocycles. The minimum absolute atomic E-state index is 0.0267. The van der Waals surface area contributed by atoms with Crippen molar-refractivity contribution in [1.29, 1.82) is 0 Å². The number of aliphatic hydroxyl groups excluding tert-OH is 1. The van der Waals surface area contributed by atoms with Crippen LogP contribution in [-0.2, 0) is 42.0 Å².